The zero-order valence-corrected chi connectivity index (χ0v) is 13.7. The molecule has 3 N–H and O–H groups in total. The van der Waals surface area contributed by atoms with E-state index in [1.165, 1.54) is 0 Å². The van der Waals surface area contributed by atoms with E-state index in [-0.39, 0.29) is 6.10 Å². The molecule has 0 aliphatic rings. The van der Waals surface area contributed by atoms with Gasteiger partial charge in [0.05, 0.1) is 24.8 Å². The Morgan fingerprint density at radius 2 is 2.00 bits per heavy atom. The van der Waals surface area contributed by atoms with Crippen LogP contribution in [0.2, 0.25) is 5.02 Å². The van der Waals surface area contributed by atoms with Crippen molar-refractivity contribution in [3.05, 3.63) is 22.7 Å². The third kappa shape index (κ3) is 6.52. The van der Waals surface area contributed by atoms with E-state index in [0.717, 1.165) is 18.7 Å². The number of rotatable bonds is 10. The number of nitrogens with one attached hydrogen (secondary N) is 2. The van der Waals surface area contributed by atoms with E-state index in [2.05, 4.69) is 10.6 Å². The van der Waals surface area contributed by atoms with Crippen LogP contribution >= 0.6 is 11.6 Å². The Bertz CT molecular complexity index is 428. The summed E-state index contributed by atoms with van der Waals surface area (Å²) in [4.78, 5) is 0. The molecule has 0 amide bonds. The summed E-state index contributed by atoms with van der Waals surface area (Å²) in [5.74, 6) is 1.23. The van der Waals surface area contributed by atoms with Gasteiger partial charge in [0.15, 0.2) is 11.5 Å². The van der Waals surface area contributed by atoms with E-state index in [1.807, 2.05) is 19.1 Å². The Labute approximate surface area is 131 Å². The fraction of sp³-hybridized carbons (Fsp3) is 0.600. The molecule has 1 aromatic rings. The van der Waals surface area contributed by atoms with Crippen LogP contribution in [0, 0.1) is 0 Å². The lowest BCUT2D eigenvalue weighted by Gasteiger charge is -2.13. The maximum absolute atomic E-state index is 9.12. The molecule has 0 aromatic heterocycles. The summed E-state index contributed by atoms with van der Waals surface area (Å²) >= 11 is 6.22. The average molecular weight is 317 g/mol. The van der Waals surface area contributed by atoms with Crippen molar-refractivity contribution in [3.63, 3.8) is 0 Å². The van der Waals surface area contributed by atoms with Gasteiger partial charge in [0, 0.05) is 26.2 Å². The Morgan fingerprint density at radius 1 is 1.29 bits per heavy atom. The molecule has 5 nitrogen and oxygen atoms in total. The summed E-state index contributed by atoms with van der Waals surface area (Å²) in [6.45, 7) is 7.11. The number of methoxy groups -OCH3 is 1. The van der Waals surface area contributed by atoms with Gasteiger partial charge in [0.1, 0.15) is 0 Å². The Balaban J connectivity index is 2.47. The quantitative estimate of drug-likeness (QED) is 0.575. The van der Waals surface area contributed by atoms with Crippen molar-refractivity contribution in [2.45, 2.75) is 26.5 Å². The van der Waals surface area contributed by atoms with Gasteiger partial charge >= 0.3 is 0 Å². The van der Waals surface area contributed by atoms with Crippen LogP contribution in [0.4, 0.5) is 0 Å². The first-order valence-corrected chi connectivity index (χ1v) is 7.55. The molecule has 0 heterocycles. The number of halogens is 1. The van der Waals surface area contributed by atoms with Crippen LogP contribution in [0.3, 0.4) is 0 Å². The number of hydrogen-bond acceptors (Lipinski definition) is 5. The SMILES string of the molecule is CCOc1c(Cl)cc(CNCCNCC(C)O)cc1OC. The van der Waals surface area contributed by atoms with Gasteiger partial charge in [-0.3, -0.25) is 0 Å². The highest BCUT2D eigenvalue weighted by atomic mass is 35.5. The minimum Gasteiger partial charge on any atom is -0.493 e. The molecule has 1 atom stereocenters. The lowest BCUT2D eigenvalue weighted by molar-refractivity contribution is 0.191. The summed E-state index contributed by atoms with van der Waals surface area (Å²) in [6, 6.07) is 3.80. The second-order valence-electron chi connectivity index (χ2n) is 4.77. The summed E-state index contributed by atoms with van der Waals surface area (Å²) in [5, 5.41) is 16.1. The van der Waals surface area contributed by atoms with Crippen molar-refractivity contribution in [3.8, 4) is 11.5 Å². The van der Waals surface area contributed by atoms with E-state index < -0.39 is 0 Å². The van der Waals surface area contributed by atoms with Crippen molar-refractivity contribution < 1.29 is 14.6 Å². The molecule has 120 valence electrons. The fourth-order valence-corrected chi connectivity index (χ4v) is 2.17. The molecule has 0 saturated carbocycles. The van der Waals surface area contributed by atoms with Gasteiger partial charge in [0.2, 0.25) is 0 Å². The van der Waals surface area contributed by atoms with Crippen LogP contribution in [0.1, 0.15) is 19.4 Å². The van der Waals surface area contributed by atoms with E-state index in [0.29, 0.717) is 36.2 Å². The van der Waals surface area contributed by atoms with Gasteiger partial charge in [-0.05, 0) is 31.5 Å². The van der Waals surface area contributed by atoms with Gasteiger partial charge in [0.25, 0.3) is 0 Å². The molecule has 0 saturated heterocycles. The zero-order valence-electron chi connectivity index (χ0n) is 12.9. The molecule has 1 aromatic carbocycles. The summed E-state index contributed by atoms with van der Waals surface area (Å²) in [5.41, 5.74) is 1.04. The van der Waals surface area contributed by atoms with Gasteiger partial charge in [-0.1, -0.05) is 11.6 Å². The van der Waals surface area contributed by atoms with Crippen LogP contribution in [-0.2, 0) is 6.54 Å². The summed E-state index contributed by atoms with van der Waals surface area (Å²) in [6.07, 6.45) is -0.320. The molecule has 0 aliphatic carbocycles. The second kappa shape index (κ2) is 9.84. The predicted octanol–water partition coefficient (Wildman–Crippen LogP) is 1.81. The highest BCUT2D eigenvalue weighted by Gasteiger charge is 2.11. The van der Waals surface area contributed by atoms with Crippen LogP contribution in [0.5, 0.6) is 11.5 Å². The molecular weight excluding hydrogens is 292 g/mol. The molecule has 6 heteroatoms. The van der Waals surface area contributed by atoms with E-state index in [4.69, 9.17) is 26.2 Å². The van der Waals surface area contributed by atoms with Gasteiger partial charge < -0.3 is 25.2 Å². The van der Waals surface area contributed by atoms with E-state index >= 15 is 0 Å². The van der Waals surface area contributed by atoms with Crippen molar-refractivity contribution in [1.29, 1.82) is 0 Å². The molecule has 21 heavy (non-hydrogen) atoms. The lowest BCUT2D eigenvalue weighted by Crippen LogP contribution is -2.31. The van der Waals surface area contributed by atoms with Crippen LogP contribution in [0.15, 0.2) is 12.1 Å². The molecule has 0 fully saturated rings. The monoisotopic (exact) mass is 316 g/mol. The van der Waals surface area contributed by atoms with Crippen LogP contribution < -0.4 is 20.1 Å². The maximum atomic E-state index is 9.12. The van der Waals surface area contributed by atoms with Crippen molar-refractivity contribution >= 4 is 11.6 Å². The highest BCUT2D eigenvalue weighted by molar-refractivity contribution is 6.32. The predicted molar refractivity (Wildman–Crippen MR) is 85.4 cm³/mol. The fourth-order valence-electron chi connectivity index (χ4n) is 1.88. The highest BCUT2D eigenvalue weighted by Crippen LogP contribution is 2.36. The first-order chi connectivity index (χ1) is 10.1. The number of hydrogen-bond donors (Lipinski definition) is 3. The molecule has 0 radical (unpaired) electrons. The first-order valence-electron chi connectivity index (χ1n) is 7.17. The third-order valence-electron chi connectivity index (χ3n) is 2.83. The molecule has 0 aliphatic heterocycles. The minimum atomic E-state index is -0.320. The Morgan fingerprint density at radius 3 is 2.62 bits per heavy atom. The maximum Gasteiger partial charge on any atom is 0.179 e. The number of ether oxygens (including phenoxy) is 2. The topological polar surface area (TPSA) is 62.8 Å². The van der Waals surface area contributed by atoms with Crippen molar-refractivity contribution in [2.75, 3.05) is 33.4 Å². The molecule has 0 spiro atoms. The minimum absolute atomic E-state index is 0.320. The second-order valence-corrected chi connectivity index (χ2v) is 5.18. The standard InChI is InChI=1S/C15H25ClN2O3/c1-4-21-15-13(16)7-12(8-14(15)20-3)10-18-6-5-17-9-11(2)19/h7-8,11,17-19H,4-6,9-10H2,1-3H3. The Kier molecular flexibility index (Phi) is 8.45. The number of aliphatic hydroxyl groups is 1. The zero-order chi connectivity index (χ0) is 15.7. The first kappa shape index (κ1) is 18.0. The van der Waals surface area contributed by atoms with Crippen molar-refractivity contribution in [1.82, 2.24) is 10.6 Å². The summed E-state index contributed by atoms with van der Waals surface area (Å²) in [7, 11) is 1.60. The summed E-state index contributed by atoms with van der Waals surface area (Å²) < 4.78 is 10.8. The number of aliphatic hydroxyl groups excluding tert-OH is 1. The van der Waals surface area contributed by atoms with Gasteiger partial charge in [-0.2, -0.15) is 0 Å². The lowest BCUT2D eigenvalue weighted by atomic mass is 10.2. The molecule has 1 rings (SSSR count). The molecule has 0 bridgehead atoms. The number of benzene rings is 1. The van der Waals surface area contributed by atoms with Crippen LogP contribution in [-0.4, -0.2) is 44.6 Å². The van der Waals surface area contributed by atoms with Gasteiger partial charge in [-0.15, -0.1) is 0 Å². The van der Waals surface area contributed by atoms with Crippen molar-refractivity contribution in [2.24, 2.45) is 0 Å². The smallest absolute Gasteiger partial charge is 0.179 e. The third-order valence-corrected chi connectivity index (χ3v) is 3.11. The normalized spacial score (nSPS) is 12.2. The van der Waals surface area contributed by atoms with E-state index in [9.17, 15) is 0 Å². The Hall–Kier alpha value is -1.01. The van der Waals surface area contributed by atoms with E-state index in [1.54, 1.807) is 14.0 Å². The largest absolute Gasteiger partial charge is 0.493 e. The van der Waals surface area contributed by atoms with Gasteiger partial charge in [-0.25, -0.2) is 0 Å². The average Bonchev–Trinajstić information content (AvgIpc) is 2.44. The molecule has 1 unspecified atom stereocenters. The van der Waals surface area contributed by atoms with Crippen LogP contribution in [0.25, 0.3) is 0 Å². The molecular formula is C15H25ClN2O3.